The van der Waals surface area contributed by atoms with Crippen LogP contribution in [0.4, 0.5) is 13.2 Å². The number of benzene rings is 2. The van der Waals surface area contributed by atoms with E-state index in [-0.39, 0.29) is 11.1 Å². The van der Waals surface area contributed by atoms with E-state index in [4.69, 9.17) is 11.6 Å². The average Bonchev–Trinajstić information content (AvgIpc) is 2.36. The lowest BCUT2D eigenvalue weighted by atomic mass is 10.0. The molecule has 0 aliphatic heterocycles. The molecule has 0 heterocycles. The molecule has 1 unspecified atom stereocenters. The summed E-state index contributed by atoms with van der Waals surface area (Å²) in [4.78, 5) is 0. The lowest BCUT2D eigenvalue weighted by Gasteiger charge is -2.15. The van der Waals surface area contributed by atoms with Gasteiger partial charge >= 0.3 is 0 Å². The Kier molecular flexibility index (Phi) is 4.18. The van der Waals surface area contributed by atoms with Gasteiger partial charge in [-0.1, -0.05) is 27.5 Å². The molecular formula is C13H7BrClF3O. The average molecular weight is 352 g/mol. The van der Waals surface area contributed by atoms with Crippen LogP contribution in [0.2, 0.25) is 5.02 Å². The molecular weight excluding hydrogens is 344 g/mol. The van der Waals surface area contributed by atoms with Gasteiger partial charge in [0.25, 0.3) is 0 Å². The van der Waals surface area contributed by atoms with Gasteiger partial charge in [-0.15, -0.1) is 0 Å². The van der Waals surface area contributed by atoms with E-state index in [1.165, 1.54) is 6.07 Å². The number of hydrogen-bond donors (Lipinski definition) is 1. The molecule has 0 amide bonds. The van der Waals surface area contributed by atoms with E-state index in [0.717, 1.165) is 0 Å². The molecule has 0 fully saturated rings. The van der Waals surface area contributed by atoms with Crippen molar-refractivity contribution in [1.29, 1.82) is 0 Å². The highest BCUT2D eigenvalue weighted by Gasteiger charge is 2.20. The zero-order chi connectivity index (χ0) is 14.2. The molecule has 2 aromatic rings. The predicted octanol–water partition coefficient (Wildman–Crippen LogP) is 4.60. The summed E-state index contributed by atoms with van der Waals surface area (Å²) in [7, 11) is 0. The Labute approximate surface area is 120 Å². The quantitative estimate of drug-likeness (QED) is 0.784. The Bertz CT molecular complexity index is 634. The van der Waals surface area contributed by atoms with Crippen molar-refractivity contribution in [3.8, 4) is 0 Å². The summed E-state index contributed by atoms with van der Waals surface area (Å²) in [5.41, 5.74) is -0.0979. The van der Waals surface area contributed by atoms with E-state index in [2.05, 4.69) is 15.9 Å². The molecule has 0 bridgehead atoms. The number of rotatable bonds is 2. The third-order valence-electron chi connectivity index (χ3n) is 2.59. The molecule has 2 aromatic carbocycles. The molecule has 19 heavy (non-hydrogen) atoms. The van der Waals surface area contributed by atoms with Crippen molar-refractivity contribution >= 4 is 27.5 Å². The Morgan fingerprint density at radius 1 is 0.947 bits per heavy atom. The van der Waals surface area contributed by atoms with Crippen LogP contribution < -0.4 is 0 Å². The summed E-state index contributed by atoms with van der Waals surface area (Å²) in [5, 5.41) is 10.4. The lowest BCUT2D eigenvalue weighted by molar-refractivity contribution is 0.213. The van der Waals surface area contributed by atoms with E-state index >= 15 is 0 Å². The summed E-state index contributed by atoms with van der Waals surface area (Å²) in [6, 6.07) is 5.58. The van der Waals surface area contributed by atoms with Gasteiger partial charge in [-0.3, -0.25) is 0 Å². The first-order valence-electron chi connectivity index (χ1n) is 5.17. The van der Waals surface area contributed by atoms with E-state index in [1.54, 1.807) is 12.1 Å². The number of hydrogen-bond acceptors (Lipinski definition) is 1. The molecule has 0 saturated heterocycles. The molecule has 1 atom stereocenters. The van der Waals surface area contributed by atoms with E-state index in [9.17, 15) is 18.3 Å². The van der Waals surface area contributed by atoms with Crippen molar-refractivity contribution in [1.82, 2.24) is 0 Å². The molecule has 1 N–H and O–H groups in total. The summed E-state index contributed by atoms with van der Waals surface area (Å²) < 4.78 is 40.0. The van der Waals surface area contributed by atoms with Gasteiger partial charge in [0.1, 0.15) is 11.9 Å². The highest BCUT2D eigenvalue weighted by atomic mass is 79.9. The second-order valence-electron chi connectivity index (χ2n) is 3.86. The zero-order valence-electron chi connectivity index (χ0n) is 9.30. The standard InChI is InChI=1S/C13H7BrClF3O/c14-9-2-1-6(15)3-7(9)13(19)8-4-11(17)12(18)5-10(8)16/h1-5,13,19H. The summed E-state index contributed by atoms with van der Waals surface area (Å²) in [6.45, 7) is 0. The van der Waals surface area contributed by atoms with Crippen LogP contribution in [-0.2, 0) is 0 Å². The van der Waals surface area contributed by atoms with Crippen molar-refractivity contribution in [3.63, 3.8) is 0 Å². The Morgan fingerprint density at radius 3 is 2.26 bits per heavy atom. The van der Waals surface area contributed by atoms with E-state index < -0.39 is 23.6 Å². The van der Waals surface area contributed by atoms with Gasteiger partial charge in [0.15, 0.2) is 11.6 Å². The molecule has 0 aliphatic rings. The third kappa shape index (κ3) is 2.94. The maximum Gasteiger partial charge on any atom is 0.161 e. The minimum Gasteiger partial charge on any atom is -0.384 e. The van der Waals surface area contributed by atoms with E-state index in [1.807, 2.05) is 0 Å². The van der Waals surface area contributed by atoms with Crippen LogP contribution in [0.25, 0.3) is 0 Å². The topological polar surface area (TPSA) is 20.2 Å². The van der Waals surface area contributed by atoms with Crippen LogP contribution in [0.5, 0.6) is 0 Å². The second kappa shape index (κ2) is 5.53. The largest absolute Gasteiger partial charge is 0.384 e. The first-order valence-corrected chi connectivity index (χ1v) is 6.34. The highest BCUT2D eigenvalue weighted by Crippen LogP contribution is 2.32. The van der Waals surface area contributed by atoms with Crippen molar-refractivity contribution < 1.29 is 18.3 Å². The molecule has 2 rings (SSSR count). The third-order valence-corrected chi connectivity index (χ3v) is 3.54. The van der Waals surface area contributed by atoms with Gasteiger partial charge in [0, 0.05) is 26.7 Å². The fourth-order valence-corrected chi connectivity index (χ4v) is 2.28. The molecule has 1 nitrogen and oxygen atoms in total. The molecule has 6 heteroatoms. The maximum atomic E-state index is 13.6. The van der Waals surface area contributed by atoms with Gasteiger partial charge < -0.3 is 5.11 Å². The highest BCUT2D eigenvalue weighted by molar-refractivity contribution is 9.10. The number of aliphatic hydroxyl groups excluding tert-OH is 1. The van der Waals surface area contributed by atoms with Gasteiger partial charge in [-0.2, -0.15) is 0 Å². The number of halogens is 5. The summed E-state index contributed by atoms with van der Waals surface area (Å²) in [6.07, 6.45) is -1.46. The first-order chi connectivity index (χ1) is 8.90. The lowest BCUT2D eigenvalue weighted by Crippen LogP contribution is -2.05. The van der Waals surface area contributed by atoms with E-state index in [0.29, 0.717) is 21.6 Å². The normalized spacial score (nSPS) is 12.5. The fourth-order valence-electron chi connectivity index (χ4n) is 1.64. The first kappa shape index (κ1) is 14.4. The van der Waals surface area contributed by atoms with Crippen LogP contribution >= 0.6 is 27.5 Å². The smallest absolute Gasteiger partial charge is 0.161 e. The Morgan fingerprint density at radius 2 is 1.58 bits per heavy atom. The van der Waals surface area contributed by atoms with Gasteiger partial charge in [0.2, 0.25) is 0 Å². The van der Waals surface area contributed by atoms with Crippen molar-refractivity contribution in [2.75, 3.05) is 0 Å². The maximum absolute atomic E-state index is 13.6. The van der Waals surface area contributed by atoms with Gasteiger partial charge in [-0.25, -0.2) is 13.2 Å². The van der Waals surface area contributed by atoms with Crippen LogP contribution in [0.3, 0.4) is 0 Å². The molecule has 0 saturated carbocycles. The predicted molar refractivity (Wildman–Crippen MR) is 69.5 cm³/mol. The molecule has 100 valence electrons. The monoisotopic (exact) mass is 350 g/mol. The SMILES string of the molecule is OC(c1cc(F)c(F)cc1F)c1cc(Cl)ccc1Br. The van der Waals surface area contributed by atoms with Crippen molar-refractivity contribution in [3.05, 3.63) is 68.4 Å². The number of aliphatic hydroxyl groups is 1. The van der Waals surface area contributed by atoms with Gasteiger partial charge in [0.05, 0.1) is 0 Å². The van der Waals surface area contributed by atoms with Crippen molar-refractivity contribution in [2.24, 2.45) is 0 Å². The molecule has 0 aromatic heterocycles. The van der Waals surface area contributed by atoms with Gasteiger partial charge in [-0.05, 0) is 24.3 Å². The van der Waals surface area contributed by atoms with Crippen molar-refractivity contribution in [2.45, 2.75) is 6.10 Å². The minimum atomic E-state index is -1.46. The summed E-state index contributed by atoms with van der Waals surface area (Å²) in [5.74, 6) is -3.56. The molecule has 0 spiro atoms. The summed E-state index contributed by atoms with van der Waals surface area (Å²) >= 11 is 8.96. The Balaban J connectivity index is 2.52. The van der Waals surface area contributed by atoms with Crippen LogP contribution in [0.15, 0.2) is 34.8 Å². The zero-order valence-corrected chi connectivity index (χ0v) is 11.6. The molecule has 0 radical (unpaired) electrons. The second-order valence-corrected chi connectivity index (χ2v) is 5.15. The van der Waals surface area contributed by atoms with Crippen LogP contribution in [0, 0.1) is 17.5 Å². The fraction of sp³-hybridized carbons (Fsp3) is 0.0769. The van der Waals surface area contributed by atoms with Crippen LogP contribution in [0.1, 0.15) is 17.2 Å². The Hall–Kier alpha value is -1.04. The minimum absolute atomic E-state index is 0.261. The van der Waals surface area contributed by atoms with Crippen LogP contribution in [-0.4, -0.2) is 5.11 Å². The molecule has 0 aliphatic carbocycles.